The van der Waals surface area contributed by atoms with E-state index < -0.39 is 11.9 Å². The van der Waals surface area contributed by atoms with Crippen molar-refractivity contribution in [2.75, 3.05) is 7.11 Å². The third kappa shape index (κ3) is 2.55. The van der Waals surface area contributed by atoms with Crippen LogP contribution in [0, 0.1) is 0 Å². The van der Waals surface area contributed by atoms with Crippen LogP contribution < -0.4 is 5.73 Å². The maximum Gasteiger partial charge on any atom is 0.311 e. The maximum absolute atomic E-state index is 10.9. The molecule has 0 aliphatic carbocycles. The first kappa shape index (κ1) is 10.2. The van der Waals surface area contributed by atoms with Gasteiger partial charge in [-0.05, 0) is 12.1 Å². The molecule has 0 spiro atoms. The number of carbonyl (C=O) groups excluding carboxylic acids is 2. The van der Waals surface area contributed by atoms with Crippen LogP contribution in [0.5, 0.6) is 0 Å². The fourth-order valence-electron chi connectivity index (χ4n) is 0.935. The number of rotatable bonds is 3. The second kappa shape index (κ2) is 4.36. The van der Waals surface area contributed by atoms with E-state index in [0.717, 1.165) is 0 Å². The molecule has 1 aromatic heterocycles. The van der Waals surface area contributed by atoms with Crippen LogP contribution >= 0.6 is 0 Å². The number of aromatic nitrogens is 1. The molecular weight excluding hydrogens is 184 g/mol. The van der Waals surface area contributed by atoms with E-state index in [1.165, 1.54) is 13.2 Å². The second-order valence-electron chi connectivity index (χ2n) is 2.63. The molecule has 5 heteroatoms. The van der Waals surface area contributed by atoms with Gasteiger partial charge >= 0.3 is 5.97 Å². The minimum Gasteiger partial charge on any atom is -0.469 e. The van der Waals surface area contributed by atoms with Gasteiger partial charge in [-0.3, -0.25) is 9.59 Å². The van der Waals surface area contributed by atoms with Crippen molar-refractivity contribution in [3.8, 4) is 0 Å². The smallest absolute Gasteiger partial charge is 0.311 e. The topological polar surface area (TPSA) is 82.3 Å². The number of esters is 1. The van der Waals surface area contributed by atoms with Crippen molar-refractivity contribution in [3.05, 3.63) is 29.6 Å². The molecule has 0 fully saturated rings. The molecule has 0 saturated carbocycles. The fourth-order valence-corrected chi connectivity index (χ4v) is 0.935. The zero-order chi connectivity index (χ0) is 10.6. The molecule has 1 rings (SSSR count). The van der Waals surface area contributed by atoms with Crippen molar-refractivity contribution in [1.82, 2.24) is 4.98 Å². The van der Waals surface area contributed by atoms with Crippen LogP contribution in [0.1, 0.15) is 16.2 Å². The summed E-state index contributed by atoms with van der Waals surface area (Å²) in [5, 5.41) is 0. The first-order valence-electron chi connectivity index (χ1n) is 3.96. The van der Waals surface area contributed by atoms with Crippen LogP contribution in [0.15, 0.2) is 18.2 Å². The van der Waals surface area contributed by atoms with Crippen LogP contribution in [-0.4, -0.2) is 24.0 Å². The lowest BCUT2D eigenvalue weighted by atomic mass is 10.2. The molecule has 14 heavy (non-hydrogen) atoms. The highest BCUT2D eigenvalue weighted by Gasteiger charge is 2.06. The monoisotopic (exact) mass is 194 g/mol. The standard InChI is InChI=1S/C9H10N2O3/c1-14-8(12)5-6-3-2-4-7(11-6)9(10)13/h2-4H,5H2,1H3,(H2,10,13). The van der Waals surface area contributed by atoms with Gasteiger partial charge < -0.3 is 10.5 Å². The Morgan fingerprint density at radius 1 is 1.50 bits per heavy atom. The Labute approximate surface area is 80.9 Å². The second-order valence-corrected chi connectivity index (χ2v) is 2.63. The highest BCUT2D eigenvalue weighted by molar-refractivity contribution is 5.90. The molecule has 5 nitrogen and oxygen atoms in total. The molecule has 0 aliphatic rings. The molecular formula is C9H10N2O3. The Hall–Kier alpha value is -1.91. The highest BCUT2D eigenvalue weighted by atomic mass is 16.5. The van der Waals surface area contributed by atoms with Crippen LogP contribution in [0.3, 0.4) is 0 Å². The summed E-state index contributed by atoms with van der Waals surface area (Å²) in [5.74, 6) is -1.02. The lowest BCUT2D eigenvalue weighted by Gasteiger charge is -2.00. The SMILES string of the molecule is COC(=O)Cc1cccc(C(N)=O)n1. The van der Waals surface area contributed by atoms with Gasteiger partial charge in [-0.1, -0.05) is 6.07 Å². The first-order valence-corrected chi connectivity index (χ1v) is 3.96. The number of pyridine rings is 1. The third-order valence-electron chi connectivity index (χ3n) is 1.61. The van der Waals surface area contributed by atoms with E-state index in [4.69, 9.17) is 5.73 Å². The van der Waals surface area contributed by atoms with E-state index >= 15 is 0 Å². The number of ether oxygens (including phenoxy) is 1. The average molecular weight is 194 g/mol. The van der Waals surface area contributed by atoms with E-state index in [9.17, 15) is 9.59 Å². The van der Waals surface area contributed by atoms with E-state index in [1.54, 1.807) is 12.1 Å². The summed E-state index contributed by atoms with van der Waals surface area (Å²) < 4.78 is 4.46. The Morgan fingerprint density at radius 3 is 2.79 bits per heavy atom. The normalized spacial score (nSPS) is 9.50. The van der Waals surface area contributed by atoms with Crippen molar-refractivity contribution in [1.29, 1.82) is 0 Å². The highest BCUT2D eigenvalue weighted by Crippen LogP contribution is 2.00. The number of hydrogen-bond donors (Lipinski definition) is 1. The molecule has 1 heterocycles. The molecule has 0 radical (unpaired) electrons. The van der Waals surface area contributed by atoms with Gasteiger partial charge in [0.2, 0.25) is 0 Å². The molecule has 2 N–H and O–H groups in total. The van der Waals surface area contributed by atoms with Crippen LogP contribution in [-0.2, 0) is 16.0 Å². The first-order chi connectivity index (χ1) is 6.63. The van der Waals surface area contributed by atoms with Crippen LogP contribution in [0.2, 0.25) is 0 Å². The van der Waals surface area contributed by atoms with Crippen LogP contribution in [0.25, 0.3) is 0 Å². The largest absolute Gasteiger partial charge is 0.469 e. The lowest BCUT2D eigenvalue weighted by molar-refractivity contribution is -0.139. The Kier molecular flexibility index (Phi) is 3.17. The van der Waals surface area contributed by atoms with Crippen molar-refractivity contribution in [2.45, 2.75) is 6.42 Å². The van der Waals surface area contributed by atoms with Crippen molar-refractivity contribution >= 4 is 11.9 Å². The number of hydrogen-bond acceptors (Lipinski definition) is 4. The van der Waals surface area contributed by atoms with Gasteiger partial charge in [0.05, 0.1) is 19.2 Å². The zero-order valence-corrected chi connectivity index (χ0v) is 7.69. The number of carbonyl (C=O) groups is 2. The number of methoxy groups -OCH3 is 1. The van der Waals surface area contributed by atoms with Gasteiger partial charge in [-0.25, -0.2) is 4.98 Å². The lowest BCUT2D eigenvalue weighted by Crippen LogP contribution is -2.15. The van der Waals surface area contributed by atoms with E-state index in [2.05, 4.69) is 9.72 Å². The third-order valence-corrected chi connectivity index (χ3v) is 1.61. The van der Waals surface area contributed by atoms with Gasteiger partial charge in [-0.2, -0.15) is 0 Å². The predicted octanol–water partition coefficient (Wildman–Crippen LogP) is -0.104. The van der Waals surface area contributed by atoms with Crippen molar-refractivity contribution in [2.24, 2.45) is 5.73 Å². The van der Waals surface area contributed by atoms with Crippen molar-refractivity contribution in [3.63, 3.8) is 0 Å². The van der Waals surface area contributed by atoms with E-state index in [1.807, 2.05) is 0 Å². The fraction of sp³-hybridized carbons (Fsp3) is 0.222. The molecule has 74 valence electrons. The minimum absolute atomic E-state index is 0.0393. The summed E-state index contributed by atoms with van der Waals surface area (Å²) in [6.45, 7) is 0. The number of amides is 1. The summed E-state index contributed by atoms with van der Waals surface area (Å²) in [6, 6.07) is 4.73. The van der Waals surface area contributed by atoms with Crippen molar-refractivity contribution < 1.29 is 14.3 Å². The molecule has 1 amide bonds. The summed E-state index contributed by atoms with van der Waals surface area (Å²) in [5.41, 5.74) is 5.64. The van der Waals surface area contributed by atoms with Crippen LogP contribution in [0.4, 0.5) is 0 Å². The quantitative estimate of drug-likeness (QED) is 0.681. The Morgan fingerprint density at radius 2 is 2.21 bits per heavy atom. The van der Waals surface area contributed by atoms with E-state index in [0.29, 0.717) is 5.69 Å². The molecule has 0 aliphatic heterocycles. The summed E-state index contributed by atoms with van der Waals surface area (Å²) in [7, 11) is 1.29. The predicted molar refractivity (Wildman–Crippen MR) is 48.5 cm³/mol. The van der Waals surface area contributed by atoms with E-state index in [-0.39, 0.29) is 12.1 Å². The molecule has 1 aromatic rings. The molecule has 0 atom stereocenters. The number of primary amides is 1. The van der Waals surface area contributed by atoms with Gasteiger partial charge in [-0.15, -0.1) is 0 Å². The van der Waals surface area contributed by atoms with Gasteiger partial charge in [0, 0.05) is 0 Å². The molecule has 0 unspecified atom stereocenters. The number of nitrogens with two attached hydrogens (primary N) is 1. The Bertz CT molecular complexity index is 363. The van der Waals surface area contributed by atoms with Gasteiger partial charge in [0.1, 0.15) is 5.69 Å². The summed E-state index contributed by atoms with van der Waals surface area (Å²) in [4.78, 5) is 25.5. The summed E-state index contributed by atoms with van der Waals surface area (Å²) in [6.07, 6.45) is 0.0393. The minimum atomic E-state index is -0.614. The zero-order valence-electron chi connectivity index (χ0n) is 7.69. The molecule has 0 aromatic carbocycles. The van der Waals surface area contributed by atoms with Gasteiger partial charge in [0.25, 0.3) is 5.91 Å². The number of nitrogens with zero attached hydrogens (tertiary/aromatic N) is 1. The maximum atomic E-state index is 10.9. The molecule has 0 saturated heterocycles. The Balaban J connectivity index is 2.83. The molecule has 0 bridgehead atoms. The van der Waals surface area contributed by atoms with Gasteiger partial charge in [0.15, 0.2) is 0 Å². The average Bonchev–Trinajstić information content (AvgIpc) is 2.18. The summed E-state index contributed by atoms with van der Waals surface area (Å²) >= 11 is 0.